The molecule has 730 valence electrons. The van der Waals surface area contributed by atoms with E-state index >= 15 is 31.9 Å². The van der Waals surface area contributed by atoms with Gasteiger partial charge in [-0.15, -0.1) is 0 Å². The highest BCUT2D eigenvalue weighted by molar-refractivity contribution is 6.09. The first-order valence-corrected chi connectivity index (χ1v) is 42.7. The highest BCUT2D eigenvalue weighted by atomic mass is 19.2. The van der Waals surface area contributed by atoms with Crippen molar-refractivity contribution in [3.8, 4) is 0 Å². The lowest BCUT2D eigenvalue weighted by Crippen LogP contribution is -2.62. The van der Waals surface area contributed by atoms with Crippen molar-refractivity contribution in [2.24, 2.45) is 40.3 Å². The highest BCUT2D eigenvalue weighted by Crippen LogP contribution is 2.29. The normalized spacial score (nSPS) is 14.5. The zero-order chi connectivity index (χ0) is 99.0. The molecule has 1 saturated carbocycles. The van der Waals surface area contributed by atoms with Crippen molar-refractivity contribution in [2.45, 2.75) is 201 Å². The Morgan fingerprint density at radius 1 is 0.396 bits per heavy atom. The van der Waals surface area contributed by atoms with Crippen LogP contribution in [0.5, 0.6) is 0 Å². The first-order valence-electron chi connectivity index (χ1n) is 42.7. The number of rotatable bonds is 56. The second kappa shape index (κ2) is 54.2. The number of amides is 12. The lowest BCUT2D eigenvalue weighted by Gasteiger charge is -2.30. The third-order valence-electron chi connectivity index (χ3n) is 21.5. The number of aliphatic hydroxyl groups excluding tert-OH is 2. The maximum absolute atomic E-state index is 16.0. The van der Waals surface area contributed by atoms with E-state index in [0.29, 0.717) is 65.3 Å². The summed E-state index contributed by atoms with van der Waals surface area (Å²) in [5, 5.41) is 108. The molecule has 45 nitrogen and oxygen atoms in total. The van der Waals surface area contributed by atoms with Crippen LogP contribution in [0.3, 0.4) is 0 Å². The molecule has 1 heterocycles. The monoisotopic (exact) mass is 1890 g/mol. The number of H-pyrrole nitrogens is 1. The number of aromatic nitrogens is 1. The lowest BCUT2D eigenvalue weighted by atomic mass is 9.84. The van der Waals surface area contributed by atoms with Crippen molar-refractivity contribution in [2.75, 3.05) is 39.4 Å². The van der Waals surface area contributed by atoms with Gasteiger partial charge in [0, 0.05) is 79.2 Å². The van der Waals surface area contributed by atoms with Crippen LogP contribution in [-0.2, 0) is 86.4 Å². The van der Waals surface area contributed by atoms with Crippen LogP contribution in [-0.4, -0.2) is 250 Å². The number of carbonyl (C=O) groups excluding carboxylic acids is 13. The molecule has 1 fully saturated rings. The molecule has 1 aliphatic carbocycles. The van der Waals surface area contributed by atoms with E-state index < -0.39 is 284 Å². The van der Waals surface area contributed by atoms with Crippen molar-refractivity contribution in [1.29, 1.82) is 21.6 Å². The van der Waals surface area contributed by atoms with Crippen LogP contribution >= 0.6 is 0 Å². The molecule has 5 aromatic rings. The Kier molecular flexibility index (Phi) is 43.7. The maximum atomic E-state index is 16.0. The molecular weight excluding hydrogens is 1770 g/mol. The minimum absolute atomic E-state index is 0.0198. The SMILES string of the molecule is N=C(N)NCCC[C@@H](NC(=O)[C@@H](CCCNC(=N)N)NC(=O)[C@@H](CCC(N)=O)NC(=O)[C@@H](CCCNC(=N)N)NC(=O)[C@@H](CCCNC(=N)N)NC(=O)[C@@H](CC1CCCCC1)NC(=O)[C@@H](Cc1c(F)c(F)c(F)c(F)c1F)NC(=O)[C@@H](CC(=O)O)NC(=O)[C@@H](CO)NC(=O)[C@@H](Cc1c[nH]c2ccccc12)NC(=O)[C@@H](CO)NC(=O)[C@H](N)Cc1ccc(C(=O)c2ccccc2)cc1)C(=O)O. The molecule has 1 aliphatic rings. The molecule has 0 bridgehead atoms. The number of aliphatic carboxylic acids is 2. The van der Waals surface area contributed by atoms with E-state index in [1.807, 2.05) is 10.6 Å². The number of aromatic amines is 1. The summed E-state index contributed by atoms with van der Waals surface area (Å²) in [6, 6.07) is -2.05. The summed E-state index contributed by atoms with van der Waals surface area (Å²) in [5.41, 5.74) is 33.9. The van der Waals surface area contributed by atoms with Gasteiger partial charge < -0.3 is 140 Å². The van der Waals surface area contributed by atoms with Gasteiger partial charge in [0.2, 0.25) is 76.7 Å². The summed E-state index contributed by atoms with van der Waals surface area (Å²) in [5.74, 6) is -34.7. The second-order valence-electron chi connectivity index (χ2n) is 31.7. The number of fused-ring (bicyclic) bond motifs is 1. The van der Waals surface area contributed by atoms with Crippen molar-refractivity contribution >= 4 is 123 Å². The van der Waals surface area contributed by atoms with Gasteiger partial charge in [0.1, 0.15) is 66.5 Å². The third-order valence-corrected chi connectivity index (χ3v) is 21.5. The molecule has 6 rings (SSSR count). The Bertz CT molecular complexity index is 4990. The smallest absolute Gasteiger partial charge is 0.326 e. The molecule has 0 unspecified atom stereocenters. The molecule has 1 aromatic heterocycles. The summed E-state index contributed by atoms with van der Waals surface area (Å²) in [4.78, 5) is 213. The molecule has 12 amide bonds. The van der Waals surface area contributed by atoms with Crippen LogP contribution in [0.1, 0.15) is 142 Å². The van der Waals surface area contributed by atoms with E-state index in [9.17, 15) is 82.4 Å². The number of ketones is 1. The fourth-order valence-electron chi connectivity index (χ4n) is 14.4. The molecule has 50 heteroatoms. The van der Waals surface area contributed by atoms with Crippen LogP contribution in [0.25, 0.3) is 10.9 Å². The summed E-state index contributed by atoms with van der Waals surface area (Å²) in [6.45, 7) is -2.91. The van der Waals surface area contributed by atoms with Gasteiger partial charge in [0.25, 0.3) is 0 Å². The van der Waals surface area contributed by atoms with Crippen LogP contribution in [0.4, 0.5) is 22.0 Å². The molecule has 0 radical (unpaired) electrons. The predicted octanol–water partition coefficient (Wildman–Crippen LogP) is -4.38. The Labute approximate surface area is 763 Å². The van der Waals surface area contributed by atoms with Gasteiger partial charge in [-0.2, -0.15) is 0 Å². The van der Waals surface area contributed by atoms with Gasteiger partial charge in [-0.25, -0.2) is 26.7 Å². The number of benzene rings is 4. The molecule has 0 spiro atoms. The van der Waals surface area contributed by atoms with Crippen LogP contribution < -0.4 is 114 Å². The van der Waals surface area contributed by atoms with E-state index in [-0.39, 0.29) is 76.9 Å². The minimum atomic E-state index is -2.69. The van der Waals surface area contributed by atoms with Gasteiger partial charge in [-0.1, -0.05) is 105 Å². The molecular formula is C84H115F5N26O19. The first kappa shape index (κ1) is 108. The standard InChI is InChI=1S/C84H115F5N26O19/c85-63-47(64(86)66(88)67(89)65(63)87)36-57(112-77(130)58(37-62(119)120)113-79(132)60(40-117)115-75(128)56(35-45-38-104-49-18-8-7-17-46(45)49)111-78(131)59(39-116)114-69(122)48(90)33-42-23-25-44(26-24-42)68(121)43-15-5-2-6-16-43)76(129)110-55(34-41-13-3-1-4-14-41)74(127)107-51(20-10-30-101-82(94)95)70(123)105-50(19-9-29-100-81(92)93)71(124)108-53(27-28-61(91)118)73(126)106-52(21-11-31-102-83(96)97)72(125)109-54(80(133)134)22-12-32-103-84(98)99/h2,5-8,15-18,23-26,38,41,48,50-60,104,116-117H,1,3-4,9-14,19-22,27-37,39-40,90H2,(H2,91,118)(H,105,123)(H,106,126)(H,107,127)(H,108,124)(H,109,125)(H,110,129)(H,111,131)(H,112,130)(H,113,132)(H,114,122)(H,115,128)(H,119,120)(H,133,134)(H4,92,93,100)(H4,94,95,101)(H4,96,97,102)(H4,98,99,103)/t48-,50-,51-,52-,53-,54-,55-,56-,57-,58-,59-,60-/m1/s1. The number of carboxylic acid groups (broad SMARTS) is 2. The number of nitrogens with one attached hydrogen (secondary N) is 20. The highest BCUT2D eigenvalue weighted by Gasteiger charge is 2.40. The number of hydrogen-bond donors (Lipinski definition) is 30. The van der Waals surface area contributed by atoms with Crippen molar-refractivity contribution in [1.82, 2.24) is 84.7 Å². The van der Waals surface area contributed by atoms with Gasteiger partial charge >= 0.3 is 11.9 Å². The third kappa shape index (κ3) is 35.2. The van der Waals surface area contributed by atoms with Gasteiger partial charge in [-0.05, 0) is 93.7 Å². The molecule has 36 N–H and O–H groups in total. The fourth-order valence-corrected chi connectivity index (χ4v) is 14.4. The largest absolute Gasteiger partial charge is 0.481 e. The van der Waals surface area contributed by atoms with E-state index in [0.717, 1.165) is 0 Å². The number of primary amides is 1. The molecule has 4 aromatic carbocycles. The minimum Gasteiger partial charge on any atom is -0.481 e. The number of halogens is 5. The Morgan fingerprint density at radius 2 is 0.754 bits per heavy atom. The zero-order valence-corrected chi connectivity index (χ0v) is 72.7. The molecule has 12 atom stereocenters. The number of nitrogens with two attached hydrogens (primary N) is 6. The summed E-state index contributed by atoms with van der Waals surface area (Å²) >= 11 is 0. The molecule has 0 saturated heterocycles. The number of hydrogen-bond acceptors (Lipinski definition) is 22. The van der Waals surface area contributed by atoms with Gasteiger partial charge in [0.05, 0.1) is 25.7 Å². The Balaban J connectivity index is 1.30. The number of carbonyl (C=O) groups is 15. The molecule has 0 aliphatic heterocycles. The Morgan fingerprint density at radius 3 is 1.20 bits per heavy atom. The van der Waals surface area contributed by atoms with Crippen molar-refractivity contribution < 1.29 is 114 Å². The van der Waals surface area contributed by atoms with Gasteiger partial charge in [-0.3, -0.25) is 88.8 Å². The average molecular weight is 1890 g/mol. The number of aliphatic hydroxyl groups is 2. The summed E-state index contributed by atoms with van der Waals surface area (Å²) in [7, 11) is 0. The maximum Gasteiger partial charge on any atom is 0.326 e. The average Bonchev–Trinajstić information content (AvgIpc) is 0.996. The topological polar surface area (TPSA) is 785 Å². The summed E-state index contributed by atoms with van der Waals surface area (Å²) in [6.07, 6.45) is -3.25. The van der Waals surface area contributed by atoms with Crippen molar-refractivity contribution in [3.05, 3.63) is 142 Å². The quantitative estimate of drug-likeness (QED) is 0.00332. The number of para-hydroxylation sites is 1. The zero-order valence-electron chi connectivity index (χ0n) is 72.7. The second-order valence-corrected chi connectivity index (χ2v) is 31.7. The lowest BCUT2D eigenvalue weighted by molar-refractivity contribution is -0.142. The summed E-state index contributed by atoms with van der Waals surface area (Å²) < 4.78 is 77.0. The van der Waals surface area contributed by atoms with E-state index in [4.69, 9.17) is 56.0 Å². The molecule has 134 heavy (non-hydrogen) atoms. The van der Waals surface area contributed by atoms with E-state index in [1.54, 1.807) is 66.7 Å². The van der Waals surface area contributed by atoms with Crippen LogP contribution in [0, 0.1) is 56.6 Å². The van der Waals surface area contributed by atoms with Gasteiger partial charge in [0.15, 0.2) is 52.9 Å². The van der Waals surface area contributed by atoms with E-state index in [2.05, 4.69) is 74.1 Å². The fraction of sp³-hybridized carbons (Fsp3) is 0.464. The predicted molar refractivity (Wildman–Crippen MR) is 471 cm³/mol. The number of guanidine groups is 4. The van der Waals surface area contributed by atoms with Crippen LogP contribution in [0.2, 0.25) is 0 Å². The first-order chi connectivity index (χ1) is 63.6. The van der Waals surface area contributed by atoms with Crippen LogP contribution in [0.15, 0.2) is 85.1 Å². The number of carboxylic acids is 2. The van der Waals surface area contributed by atoms with Crippen molar-refractivity contribution in [3.63, 3.8) is 0 Å². The van der Waals surface area contributed by atoms with E-state index in [1.165, 1.54) is 18.3 Å². The Hall–Kier alpha value is -14.7.